The van der Waals surface area contributed by atoms with Crippen LogP contribution < -0.4 is 0 Å². The lowest BCUT2D eigenvalue weighted by Gasteiger charge is -2.41. The molecule has 1 fully saturated rings. The van der Waals surface area contributed by atoms with E-state index in [4.69, 9.17) is 11.6 Å². The molecule has 4 heteroatoms. The van der Waals surface area contributed by atoms with Crippen LogP contribution in [0.1, 0.15) is 37.7 Å². The maximum atomic E-state index is 12.3. The molecule has 0 spiro atoms. The van der Waals surface area contributed by atoms with Crippen molar-refractivity contribution in [2.75, 3.05) is 0 Å². The Morgan fingerprint density at radius 2 is 1.80 bits per heavy atom. The summed E-state index contributed by atoms with van der Waals surface area (Å²) in [6.45, 7) is 0. The van der Waals surface area contributed by atoms with Gasteiger partial charge in [0.2, 0.25) is 5.72 Å². The van der Waals surface area contributed by atoms with Gasteiger partial charge in [0.25, 0.3) is 5.91 Å². The Labute approximate surface area is 123 Å². The number of nitrogens with zero attached hydrogens (tertiary/aromatic N) is 1. The summed E-state index contributed by atoms with van der Waals surface area (Å²) < 4.78 is 0. The van der Waals surface area contributed by atoms with Crippen molar-refractivity contribution in [2.24, 2.45) is 0 Å². The molecule has 1 heterocycles. The highest BCUT2D eigenvalue weighted by molar-refractivity contribution is 6.33. The quantitative estimate of drug-likeness (QED) is 0.909. The van der Waals surface area contributed by atoms with E-state index in [1.807, 2.05) is 30.3 Å². The Balaban J connectivity index is 2.01. The molecule has 1 atom stereocenters. The molecule has 1 amide bonds. The topological polar surface area (TPSA) is 40.5 Å². The van der Waals surface area contributed by atoms with Gasteiger partial charge >= 0.3 is 0 Å². The van der Waals surface area contributed by atoms with Crippen molar-refractivity contribution in [3.63, 3.8) is 0 Å². The van der Waals surface area contributed by atoms with Gasteiger partial charge in [-0.05, 0) is 12.8 Å². The van der Waals surface area contributed by atoms with Gasteiger partial charge in [0, 0.05) is 17.7 Å². The van der Waals surface area contributed by atoms with Crippen molar-refractivity contribution in [1.82, 2.24) is 4.90 Å². The highest BCUT2D eigenvalue weighted by Gasteiger charge is 2.50. The summed E-state index contributed by atoms with van der Waals surface area (Å²) in [5.74, 6) is -0.187. The predicted octanol–water partition coefficient (Wildman–Crippen LogP) is 3.13. The van der Waals surface area contributed by atoms with Gasteiger partial charge in [-0.15, -0.1) is 0 Å². The average Bonchev–Trinajstić information content (AvgIpc) is 2.72. The van der Waals surface area contributed by atoms with Crippen LogP contribution in [0, 0.1) is 0 Å². The largest absolute Gasteiger partial charge is 0.362 e. The van der Waals surface area contributed by atoms with Gasteiger partial charge in [0.15, 0.2) is 0 Å². The Morgan fingerprint density at radius 3 is 2.45 bits per heavy atom. The van der Waals surface area contributed by atoms with Crippen molar-refractivity contribution >= 4 is 17.5 Å². The number of carbonyl (C=O) groups excluding carboxylic acids is 1. The molecule has 1 saturated carbocycles. The summed E-state index contributed by atoms with van der Waals surface area (Å²) in [6.07, 6.45) is 6.60. The van der Waals surface area contributed by atoms with Crippen LogP contribution in [0.3, 0.4) is 0 Å². The maximum Gasteiger partial charge on any atom is 0.250 e. The Morgan fingerprint density at radius 1 is 1.15 bits per heavy atom. The molecule has 2 aliphatic rings. The third-order valence-corrected chi connectivity index (χ3v) is 4.66. The normalized spacial score (nSPS) is 27.8. The number of benzene rings is 1. The number of rotatable bonds is 2. The third kappa shape index (κ3) is 2.05. The summed E-state index contributed by atoms with van der Waals surface area (Å²) in [4.78, 5) is 13.9. The highest BCUT2D eigenvalue weighted by Crippen LogP contribution is 2.43. The zero-order valence-corrected chi connectivity index (χ0v) is 12.0. The number of aliphatic hydroxyl groups is 1. The molecule has 1 N–H and O–H groups in total. The van der Waals surface area contributed by atoms with Crippen LogP contribution in [0.4, 0.5) is 0 Å². The predicted molar refractivity (Wildman–Crippen MR) is 78.0 cm³/mol. The van der Waals surface area contributed by atoms with Crippen molar-refractivity contribution in [2.45, 2.75) is 43.9 Å². The van der Waals surface area contributed by atoms with E-state index in [0.717, 1.165) is 25.7 Å². The van der Waals surface area contributed by atoms with Gasteiger partial charge in [-0.2, -0.15) is 0 Å². The number of carbonyl (C=O) groups is 1. The molecule has 3 rings (SSSR count). The van der Waals surface area contributed by atoms with E-state index >= 15 is 0 Å². The Hall–Kier alpha value is -1.32. The minimum atomic E-state index is -1.50. The standard InChI is InChI=1S/C16H18ClNO2/c17-14-11-15(19)18(13-9-5-2-6-10-13)16(14,20)12-7-3-1-4-8-12/h1,3-4,7-8,11,13,20H,2,5-6,9-10H2. The second-order valence-corrected chi connectivity index (χ2v) is 5.94. The van der Waals surface area contributed by atoms with E-state index in [0.29, 0.717) is 5.56 Å². The van der Waals surface area contributed by atoms with Crippen molar-refractivity contribution in [3.8, 4) is 0 Å². The summed E-state index contributed by atoms with van der Waals surface area (Å²) in [5.41, 5.74) is -0.847. The lowest BCUT2D eigenvalue weighted by molar-refractivity contribution is -0.151. The van der Waals surface area contributed by atoms with Crippen LogP contribution in [-0.4, -0.2) is 22.0 Å². The van der Waals surface area contributed by atoms with E-state index in [1.165, 1.54) is 12.5 Å². The van der Waals surface area contributed by atoms with Crippen molar-refractivity contribution in [1.29, 1.82) is 0 Å². The van der Waals surface area contributed by atoms with Gasteiger partial charge in [-0.25, -0.2) is 0 Å². The second kappa shape index (κ2) is 5.23. The van der Waals surface area contributed by atoms with E-state index in [1.54, 1.807) is 4.90 Å². The number of hydrogen-bond donors (Lipinski definition) is 1. The van der Waals surface area contributed by atoms with Gasteiger partial charge in [0.05, 0.1) is 5.03 Å². The molecule has 0 radical (unpaired) electrons. The summed E-state index contributed by atoms with van der Waals surface area (Å²) >= 11 is 6.21. The molecule has 1 unspecified atom stereocenters. The number of halogens is 1. The molecule has 0 bridgehead atoms. The van der Waals surface area contributed by atoms with Crippen LogP contribution in [0.15, 0.2) is 41.4 Å². The first kappa shape index (κ1) is 13.7. The SMILES string of the molecule is O=C1C=C(Cl)C(O)(c2ccccc2)N1C1CCCCC1. The smallest absolute Gasteiger partial charge is 0.250 e. The van der Waals surface area contributed by atoms with Crippen LogP contribution in [0.2, 0.25) is 0 Å². The third-order valence-electron chi connectivity index (χ3n) is 4.29. The van der Waals surface area contributed by atoms with Crippen molar-refractivity contribution < 1.29 is 9.90 Å². The first-order valence-electron chi connectivity index (χ1n) is 7.13. The van der Waals surface area contributed by atoms with E-state index in [-0.39, 0.29) is 17.0 Å². The van der Waals surface area contributed by atoms with Gasteiger partial charge < -0.3 is 5.11 Å². The molecule has 1 aliphatic heterocycles. The van der Waals surface area contributed by atoms with Gasteiger partial charge in [-0.1, -0.05) is 61.2 Å². The molecule has 0 saturated heterocycles. The fourth-order valence-corrected chi connectivity index (χ4v) is 3.58. The molecule has 106 valence electrons. The van der Waals surface area contributed by atoms with E-state index in [2.05, 4.69) is 0 Å². The fourth-order valence-electron chi connectivity index (χ4n) is 3.28. The molecule has 20 heavy (non-hydrogen) atoms. The molecule has 1 aromatic carbocycles. The molecule has 1 aliphatic carbocycles. The number of hydrogen-bond acceptors (Lipinski definition) is 2. The zero-order chi connectivity index (χ0) is 14.2. The van der Waals surface area contributed by atoms with Crippen LogP contribution in [-0.2, 0) is 10.5 Å². The van der Waals surface area contributed by atoms with Gasteiger partial charge in [0.1, 0.15) is 0 Å². The molecular formula is C16H18ClNO2. The van der Waals surface area contributed by atoms with E-state index < -0.39 is 5.72 Å². The highest BCUT2D eigenvalue weighted by atomic mass is 35.5. The average molecular weight is 292 g/mol. The lowest BCUT2D eigenvalue weighted by Crippen LogP contribution is -2.51. The summed E-state index contributed by atoms with van der Waals surface area (Å²) in [6, 6.07) is 9.26. The first-order valence-corrected chi connectivity index (χ1v) is 7.50. The minimum absolute atomic E-state index is 0.0638. The zero-order valence-electron chi connectivity index (χ0n) is 11.3. The fraction of sp³-hybridized carbons (Fsp3) is 0.438. The molecular weight excluding hydrogens is 274 g/mol. The lowest BCUT2D eigenvalue weighted by atomic mass is 9.91. The maximum absolute atomic E-state index is 12.3. The molecule has 0 aromatic heterocycles. The molecule has 1 aromatic rings. The van der Waals surface area contributed by atoms with Crippen LogP contribution in [0.5, 0.6) is 0 Å². The minimum Gasteiger partial charge on any atom is -0.362 e. The molecule has 3 nitrogen and oxygen atoms in total. The number of amides is 1. The second-order valence-electron chi connectivity index (χ2n) is 5.53. The summed E-state index contributed by atoms with van der Waals surface area (Å²) in [7, 11) is 0. The van der Waals surface area contributed by atoms with Crippen LogP contribution in [0.25, 0.3) is 0 Å². The Kier molecular flexibility index (Phi) is 3.57. The monoisotopic (exact) mass is 291 g/mol. The Bertz CT molecular complexity index is 537. The first-order chi connectivity index (χ1) is 9.64. The van der Waals surface area contributed by atoms with E-state index in [9.17, 15) is 9.90 Å². The van der Waals surface area contributed by atoms with Gasteiger partial charge in [-0.3, -0.25) is 9.69 Å². The van der Waals surface area contributed by atoms with Crippen molar-refractivity contribution in [3.05, 3.63) is 47.0 Å². The van der Waals surface area contributed by atoms with Crippen LogP contribution >= 0.6 is 11.6 Å². The summed E-state index contributed by atoms with van der Waals surface area (Å²) in [5, 5.41) is 11.3.